The molecule has 3 heteroatoms. The highest BCUT2D eigenvalue weighted by molar-refractivity contribution is 4.79. The van der Waals surface area contributed by atoms with E-state index in [0.29, 0.717) is 0 Å². The van der Waals surface area contributed by atoms with E-state index in [2.05, 4.69) is 0 Å². The second kappa shape index (κ2) is 4.70. The van der Waals surface area contributed by atoms with Gasteiger partial charge in [-0.1, -0.05) is 20.3 Å². The number of hydrogen-bond donors (Lipinski definition) is 3. The molecule has 0 aromatic carbocycles. The summed E-state index contributed by atoms with van der Waals surface area (Å²) in [6, 6.07) is 0. The molecular weight excluding hydrogens is 144 g/mol. The summed E-state index contributed by atoms with van der Waals surface area (Å²) in [6.07, 6.45) is 0.772. The minimum atomic E-state index is -0.538. The van der Waals surface area contributed by atoms with Crippen molar-refractivity contribution in [3.63, 3.8) is 0 Å². The Morgan fingerprint density at radius 3 is 1.73 bits per heavy atom. The summed E-state index contributed by atoms with van der Waals surface area (Å²) in [5.41, 5.74) is -0.538. The summed E-state index contributed by atoms with van der Waals surface area (Å²) >= 11 is 0. The van der Waals surface area contributed by atoms with Gasteiger partial charge in [0.15, 0.2) is 0 Å². The van der Waals surface area contributed by atoms with Crippen LogP contribution in [0.25, 0.3) is 0 Å². The predicted octanol–water partition coefficient (Wildman–Crippen LogP) is -0.00420. The van der Waals surface area contributed by atoms with E-state index < -0.39 is 5.41 Å². The third kappa shape index (κ3) is 2.43. The molecule has 0 bridgehead atoms. The van der Waals surface area contributed by atoms with Crippen molar-refractivity contribution in [2.45, 2.75) is 20.3 Å². The smallest absolute Gasteiger partial charge is 0.0510 e. The summed E-state index contributed by atoms with van der Waals surface area (Å²) < 4.78 is 0. The summed E-state index contributed by atoms with van der Waals surface area (Å²) in [4.78, 5) is 0. The Morgan fingerprint density at radius 2 is 1.64 bits per heavy atom. The fraction of sp³-hybridized carbons (Fsp3) is 1.00. The molecule has 0 radical (unpaired) electrons. The summed E-state index contributed by atoms with van der Waals surface area (Å²) in [5.74, 6) is -0.0162. The standard InChI is InChI=1S/C8H18O3/c1-3-7(4-9)8(2,5-10)6-11/h7,9-11H,3-6H2,1-2H3. The highest BCUT2D eigenvalue weighted by atomic mass is 16.3. The van der Waals surface area contributed by atoms with Crippen molar-refractivity contribution in [3.05, 3.63) is 0 Å². The van der Waals surface area contributed by atoms with Crippen LogP contribution in [0.2, 0.25) is 0 Å². The van der Waals surface area contributed by atoms with Gasteiger partial charge in [0, 0.05) is 12.0 Å². The fourth-order valence-electron chi connectivity index (χ4n) is 1.15. The van der Waals surface area contributed by atoms with Crippen molar-refractivity contribution in [2.24, 2.45) is 11.3 Å². The number of hydrogen-bond acceptors (Lipinski definition) is 3. The first-order valence-corrected chi connectivity index (χ1v) is 3.97. The van der Waals surface area contributed by atoms with Crippen LogP contribution in [0.4, 0.5) is 0 Å². The number of rotatable bonds is 5. The molecular formula is C8H18O3. The zero-order chi connectivity index (χ0) is 8.91. The molecule has 0 saturated carbocycles. The van der Waals surface area contributed by atoms with Crippen LogP contribution in [0.3, 0.4) is 0 Å². The molecule has 0 fully saturated rings. The largest absolute Gasteiger partial charge is 0.396 e. The van der Waals surface area contributed by atoms with E-state index in [-0.39, 0.29) is 25.7 Å². The maximum absolute atomic E-state index is 8.95. The van der Waals surface area contributed by atoms with Crippen molar-refractivity contribution in [2.75, 3.05) is 19.8 Å². The third-order valence-corrected chi connectivity index (χ3v) is 2.42. The van der Waals surface area contributed by atoms with Gasteiger partial charge in [0.1, 0.15) is 0 Å². The molecule has 0 aliphatic heterocycles. The van der Waals surface area contributed by atoms with Gasteiger partial charge >= 0.3 is 0 Å². The van der Waals surface area contributed by atoms with Crippen LogP contribution in [-0.2, 0) is 0 Å². The van der Waals surface area contributed by atoms with Crippen LogP contribution in [0.15, 0.2) is 0 Å². The first-order chi connectivity index (χ1) is 5.14. The Hall–Kier alpha value is -0.120. The monoisotopic (exact) mass is 162 g/mol. The molecule has 0 aliphatic carbocycles. The van der Waals surface area contributed by atoms with Crippen molar-refractivity contribution in [1.29, 1.82) is 0 Å². The molecule has 1 unspecified atom stereocenters. The summed E-state index contributed by atoms with van der Waals surface area (Å²) in [6.45, 7) is 3.57. The second-order valence-corrected chi connectivity index (χ2v) is 3.26. The van der Waals surface area contributed by atoms with Crippen molar-refractivity contribution in [1.82, 2.24) is 0 Å². The lowest BCUT2D eigenvalue weighted by molar-refractivity contribution is -0.00576. The Labute approximate surface area is 67.7 Å². The molecule has 3 N–H and O–H groups in total. The highest BCUT2D eigenvalue weighted by Crippen LogP contribution is 2.28. The maximum atomic E-state index is 8.95. The lowest BCUT2D eigenvalue weighted by Crippen LogP contribution is -2.36. The predicted molar refractivity (Wildman–Crippen MR) is 43.1 cm³/mol. The molecule has 1 atom stereocenters. The molecule has 3 nitrogen and oxygen atoms in total. The van der Waals surface area contributed by atoms with Crippen LogP contribution in [0, 0.1) is 11.3 Å². The second-order valence-electron chi connectivity index (χ2n) is 3.26. The van der Waals surface area contributed by atoms with E-state index >= 15 is 0 Å². The van der Waals surface area contributed by atoms with Gasteiger partial charge in [-0.25, -0.2) is 0 Å². The van der Waals surface area contributed by atoms with Gasteiger partial charge in [0.2, 0.25) is 0 Å². The van der Waals surface area contributed by atoms with Gasteiger partial charge < -0.3 is 15.3 Å². The molecule has 11 heavy (non-hydrogen) atoms. The quantitative estimate of drug-likeness (QED) is 0.533. The van der Waals surface area contributed by atoms with Crippen LogP contribution in [0.1, 0.15) is 20.3 Å². The Balaban J connectivity index is 4.19. The van der Waals surface area contributed by atoms with Crippen molar-refractivity contribution in [3.8, 4) is 0 Å². The zero-order valence-corrected chi connectivity index (χ0v) is 7.25. The third-order valence-electron chi connectivity index (χ3n) is 2.42. The van der Waals surface area contributed by atoms with Gasteiger partial charge in [0.05, 0.1) is 13.2 Å². The molecule has 68 valence electrons. The van der Waals surface area contributed by atoms with E-state index in [9.17, 15) is 0 Å². The Morgan fingerprint density at radius 1 is 1.18 bits per heavy atom. The van der Waals surface area contributed by atoms with E-state index in [0.717, 1.165) is 6.42 Å². The molecule has 0 aliphatic rings. The molecule has 0 heterocycles. The van der Waals surface area contributed by atoms with E-state index in [4.69, 9.17) is 15.3 Å². The molecule has 0 spiro atoms. The van der Waals surface area contributed by atoms with Crippen LogP contribution in [0.5, 0.6) is 0 Å². The van der Waals surface area contributed by atoms with Gasteiger partial charge in [-0.15, -0.1) is 0 Å². The van der Waals surface area contributed by atoms with Crippen LogP contribution >= 0.6 is 0 Å². The maximum Gasteiger partial charge on any atom is 0.0510 e. The van der Waals surface area contributed by atoms with Gasteiger partial charge in [-0.3, -0.25) is 0 Å². The average molecular weight is 162 g/mol. The van der Waals surface area contributed by atoms with E-state index in [1.807, 2.05) is 6.92 Å². The average Bonchev–Trinajstić information content (AvgIpc) is 2.06. The van der Waals surface area contributed by atoms with Crippen LogP contribution < -0.4 is 0 Å². The van der Waals surface area contributed by atoms with Crippen molar-refractivity contribution < 1.29 is 15.3 Å². The summed E-state index contributed by atoms with van der Waals surface area (Å²) in [7, 11) is 0. The zero-order valence-electron chi connectivity index (χ0n) is 7.25. The van der Waals surface area contributed by atoms with E-state index in [1.54, 1.807) is 6.92 Å². The van der Waals surface area contributed by atoms with Gasteiger partial charge in [-0.05, 0) is 5.92 Å². The first-order valence-electron chi connectivity index (χ1n) is 3.97. The van der Waals surface area contributed by atoms with Gasteiger partial charge in [0.25, 0.3) is 0 Å². The molecule has 0 aromatic rings. The Bertz CT molecular complexity index is 95.5. The topological polar surface area (TPSA) is 60.7 Å². The lowest BCUT2D eigenvalue weighted by atomic mass is 9.77. The molecule has 0 rings (SSSR count). The van der Waals surface area contributed by atoms with E-state index in [1.165, 1.54) is 0 Å². The molecule has 0 amide bonds. The van der Waals surface area contributed by atoms with Crippen LogP contribution in [-0.4, -0.2) is 35.1 Å². The van der Waals surface area contributed by atoms with Crippen molar-refractivity contribution >= 4 is 0 Å². The number of aliphatic hydroxyl groups is 3. The molecule has 0 saturated heterocycles. The lowest BCUT2D eigenvalue weighted by Gasteiger charge is -2.32. The SMILES string of the molecule is CCC(CO)C(C)(CO)CO. The fourth-order valence-corrected chi connectivity index (χ4v) is 1.15. The van der Waals surface area contributed by atoms with Gasteiger partial charge in [-0.2, -0.15) is 0 Å². The highest BCUT2D eigenvalue weighted by Gasteiger charge is 2.31. The minimum absolute atomic E-state index is 0.0162. The number of aliphatic hydroxyl groups excluding tert-OH is 3. The normalized spacial score (nSPS) is 15.0. The summed E-state index contributed by atoms with van der Waals surface area (Å²) in [5, 5.41) is 26.8. The molecule has 0 aromatic heterocycles. The Kier molecular flexibility index (Phi) is 4.65. The first kappa shape index (κ1) is 10.9. The minimum Gasteiger partial charge on any atom is -0.396 e.